The molecule has 0 unspecified atom stereocenters. The second-order valence-electron chi connectivity index (χ2n) is 2.27. The first-order valence-corrected chi connectivity index (χ1v) is 4.25. The molecule has 0 atom stereocenters. The molecule has 1 fully saturated rings. The summed E-state index contributed by atoms with van der Waals surface area (Å²) in [7, 11) is 0. The van der Waals surface area contributed by atoms with Crippen molar-refractivity contribution in [2.75, 3.05) is 11.5 Å². The number of nitrogens with zero attached hydrogens (tertiary/aromatic N) is 1. The molecule has 4 nitrogen and oxygen atoms in total. The van der Waals surface area contributed by atoms with Crippen LogP contribution in [0.1, 0.15) is 0 Å². The van der Waals surface area contributed by atoms with Gasteiger partial charge < -0.3 is 4.74 Å². The number of carbonyl (C=O) groups excluding carboxylic acids is 2. The summed E-state index contributed by atoms with van der Waals surface area (Å²) in [6.45, 7) is -0.144. The zero-order valence-electron chi connectivity index (χ0n) is 6.02. The predicted molar refractivity (Wildman–Crippen MR) is 43.2 cm³/mol. The van der Waals surface area contributed by atoms with Crippen LogP contribution in [-0.2, 0) is 9.53 Å². The molecule has 2 heterocycles. The molecule has 0 aromatic carbocycles. The summed E-state index contributed by atoms with van der Waals surface area (Å²) in [5.74, 6) is -0.307. The summed E-state index contributed by atoms with van der Waals surface area (Å²) in [6.07, 6.45) is -0.585. The van der Waals surface area contributed by atoms with Crippen molar-refractivity contribution in [3.05, 3.63) is 16.8 Å². The van der Waals surface area contributed by atoms with E-state index in [0.717, 1.165) is 4.90 Å². The monoisotopic (exact) mass is 183 g/mol. The van der Waals surface area contributed by atoms with E-state index in [0.29, 0.717) is 5.69 Å². The van der Waals surface area contributed by atoms with Crippen molar-refractivity contribution in [2.24, 2.45) is 0 Å². The quantitative estimate of drug-likeness (QED) is 0.657. The van der Waals surface area contributed by atoms with Gasteiger partial charge in [-0.25, -0.2) is 9.69 Å². The first-order chi connectivity index (χ1) is 5.79. The molecule has 0 bridgehead atoms. The highest BCUT2D eigenvalue weighted by molar-refractivity contribution is 7.08. The van der Waals surface area contributed by atoms with Crippen molar-refractivity contribution >= 4 is 29.0 Å². The van der Waals surface area contributed by atoms with Crippen LogP contribution in [0.2, 0.25) is 0 Å². The van der Waals surface area contributed by atoms with Crippen LogP contribution < -0.4 is 4.90 Å². The van der Waals surface area contributed by atoms with E-state index in [1.807, 2.05) is 0 Å². The van der Waals surface area contributed by atoms with Crippen LogP contribution >= 0.6 is 11.3 Å². The maximum absolute atomic E-state index is 11.1. The Kier molecular flexibility index (Phi) is 1.58. The van der Waals surface area contributed by atoms with Gasteiger partial charge in [-0.15, -0.1) is 0 Å². The van der Waals surface area contributed by atoms with E-state index < -0.39 is 6.09 Å². The first-order valence-electron chi connectivity index (χ1n) is 3.31. The average molecular weight is 183 g/mol. The van der Waals surface area contributed by atoms with Crippen LogP contribution in [0.3, 0.4) is 0 Å². The van der Waals surface area contributed by atoms with E-state index >= 15 is 0 Å². The molecule has 12 heavy (non-hydrogen) atoms. The second-order valence-corrected chi connectivity index (χ2v) is 3.05. The third kappa shape index (κ3) is 0.984. The van der Waals surface area contributed by atoms with Crippen molar-refractivity contribution in [3.63, 3.8) is 0 Å². The van der Waals surface area contributed by atoms with E-state index in [1.54, 1.807) is 16.8 Å². The largest absolute Gasteiger partial charge is 0.439 e. The lowest BCUT2D eigenvalue weighted by Gasteiger charge is -2.06. The Labute approximate surface area is 72.4 Å². The molecule has 0 radical (unpaired) electrons. The third-order valence-corrected chi connectivity index (χ3v) is 2.19. The highest BCUT2D eigenvalue weighted by atomic mass is 32.1. The van der Waals surface area contributed by atoms with E-state index in [9.17, 15) is 9.59 Å². The van der Waals surface area contributed by atoms with Crippen molar-refractivity contribution in [1.82, 2.24) is 0 Å². The van der Waals surface area contributed by atoms with Crippen molar-refractivity contribution in [2.45, 2.75) is 0 Å². The lowest BCUT2D eigenvalue weighted by Crippen LogP contribution is -2.27. The van der Waals surface area contributed by atoms with Crippen LogP contribution in [-0.4, -0.2) is 18.6 Å². The van der Waals surface area contributed by atoms with Gasteiger partial charge in [-0.3, -0.25) is 4.79 Å². The maximum atomic E-state index is 11.1. The fraction of sp³-hybridized carbons (Fsp3) is 0.143. The van der Waals surface area contributed by atoms with Gasteiger partial charge in [0.15, 0.2) is 6.61 Å². The molecule has 1 aromatic rings. The average Bonchev–Trinajstić information content (AvgIpc) is 2.61. The number of carbonyl (C=O) groups is 2. The number of hydrogen-bond acceptors (Lipinski definition) is 4. The number of anilines is 1. The molecule has 2 amide bonds. The van der Waals surface area contributed by atoms with E-state index in [2.05, 4.69) is 4.74 Å². The van der Waals surface area contributed by atoms with Gasteiger partial charge in [0.2, 0.25) is 0 Å². The molecule has 0 saturated carbocycles. The Morgan fingerprint density at radius 3 is 2.83 bits per heavy atom. The van der Waals surface area contributed by atoms with Gasteiger partial charge in [0.1, 0.15) is 0 Å². The lowest BCUT2D eigenvalue weighted by atomic mass is 10.4. The van der Waals surface area contributed by atoms with Gasteiger partial charge in [-0.1, -0.05) is 0 Å². The summed E-state index contributed by atoms with van der Waals surface area (Å²) in [5.41, 5.74) is 0.590. The molecule has 1 saturated heterocycles. The van der Waals surface area contributed by atoms with Crippen molar-refractivity contribution < 1.29 is 14.3 Å². The topological polar surface area (TPSA) is 46.6 Å². The zero-order valence-corrected chi connectivity index (χ0v) is 6.84. The van der Waals surface area contributed by atoms with Gasteiger partial charge in [0, 0.05) is 5.38 Å². The van der Waals surface area contributed by atoms with Crippen LogP contribution in [0.4, 0.5) is 10.5 Å². The summed E-state index contributed by atoms with van der Waals surface area (Å²) in [6, 6.07) is 1.70. The van der Waals surface area contributed by atoms with E-state index in [4.69, 9.17) is 0 Å². The number of imide groups is 1. The molecule has 5 heteroatoms. The number of cyclic esters (lactones) is 1. The summed E-state index contributed by atoms with van der Waals surface area (Å²) < 4.78 is 4.54. The smallest absolute Gasteiger partial charge is 0.421 e. The number of thiophene rings is 1. The molecule has 0 spiro atoms. The summed E-state index contributed by atoms with van der Waals surface area (Å²) in [4.78, 5) is 23.1. The van der Waals surface area contributed by atoms with Crippen molar-refractivity contribution in [3.8, 4) is 0 Å². The molecule has 2 rings (SSSR count). The number of rotatable bonds is 1. The zero-order chi connectivity index (χ0) is 8.55. The maximum Gasteiger partial charge on any atom is 0.421 e. The van der Waals surface area contributed by atoms with Crippen LogP contribution in [0.25, 0.3) is 0 Å². The van der Waals surface area contributed by atoms with E-state index in [1.165, 1.54) is 11.3 Å². The Balaban J connectivity index is 2.34. The minimum absolute atomic E-state index is 0.144. The minimum atomic E-state index is -0.585. The standard InChI is InChI=1S/C7H5NO3S/c9-6-3-11-7(10)8(6)5-1-2-12-4-5/h1-2,4H,3H2. The lowest BCUT2D eigenvalue weighted by molar-refractivity contribution is -0.117. The molecule has 0 N–H and O–H groups in total. The predicted octanol–water partition coefficient (Wildman–Crippen LogP) is 1.23. The van der Waals surface area contributed by atoms with Crippen molar-refractivity contribution in [1.29, 1.82) is 0 Å². The Morgan fingerprint density at radius 2 is 2.33 bits per heavy atom. The first kappa shape index (κ1) is 7.30. The van der Waals surface area contributed by atoms with Gasteiger partial charge in [-0.2, -0.15) is 11.3 Å². The summed E-state index contributed by atoms with van der Waals surface area (Å²) >= 11 is 1.43. The molecular formula is C7H5NO3S. The molecule has 1 aliphatic heterocycles. The summed E-state index contributed by atoms with van der Waals surface area (Å²) in [5, 5.41) is 3.53. The SMILES string of the molecule is O=C1COC(=O)N1c1ccsc1. The highest BCUT2D eigenvalue weighted by Crippen LogP contribution is 2.21. The number of hydrogen-bond donors (Lipinski definition) is 0. The van der Waals surface area contributed by atoms with Gasteiger partial charge in [0.05, 0.1) is 5.69 Å². The third-order valence-electron chi connectivity index (χ3n) is 1.52. The Morgan fingerprint density at radius 1 is 1.50 bits per heavy atom. The molecule has 1 aromatic heterocycles. The fourth-order valence-corrected chi connectivity index (χ4v) is 1.61. The van der Waals surface area contributed by atoms with Crippen LogP contribution in [0.15, 0.2) is 16.8 Å². The highest BCUT2D eigenvalue weighted by Gasteiger charge is 2.32. The Hall–Kier alpha value is -1.36. The molecular weight excluding hydrogens is 178 g/mol. The molecule has 1 aliphatic rings. The van der Waals surface area contributed by atoms with Crippen LogP contribution in [0, 0.1) is 0 Å². The molecule has 0 aliphatic carbocycles. The minimum Gasteiger partial charge on any atom is -0.439 e. The fourth-order valence-electron chi connectivity index (χ4n) is 0.988. The number of amides is 2. The molecule has 62 valence electrons. The number of ether oxygens (including phenoxy) is 1. The Bertz CT molecular complexity index is 303. The second kappa shape index (κ2) is 2.60. The van der Waals surface area contributed by atoms with E-state index in [-0.39, 0.29) is 12.5 Å². The van der Waals surface area contributed by atoms with Crippen LogP contribution in [0.5, 0.6) is 0 Å². The normalized spacial score (nSPS) is 16.8. The van der Waals surface area contributed by atoms with Gasteiger partial charge >= 0.3 is 6.09 Å². The van der Waals surface area contributed by atoms with Gasteiger partial charge in [0.25, 0.3) is 5.91 Å². The van der Waals surface area contributed by atoms with Gasteiger partial charge in [-0.05, 0) is 11.4 Å².